The van der Waals surface area contributed by atoms with Gasteiger partial charge in [0.25, 0.3) is 0 Å². The zero-order valence-electron chi connectivity index (χ0n) is 10.7. The normalized spacial score (nSPS) is 10.5. The number of rotatable bonds is 4. The first-order valence-electron chi connectivity index (χ1n) is 6.47. The quantitative estimate of drug-likeness (QED) is 0.638. The predicted octanol–water partition coefficient (Wildman–Crippen LogP) is 4.73. The highest BCUT2D eigenvalue weighted by Crippen LogP contribution is 2.22. The van der Waals surface area contributed by atoms with Crippen molar-refractivity contribution < 1.29 is 0 Å². The van der Waals surface area contributed by atoms with E-state index in [4.69, 9.17) is 0 Å². The molecule has 1 heterocycles. The summed E-state index contributed by atoms with van der Waals surface area (Å²) in [6.45, 7) is 0. The summed E-state index contributed by atoms with van der Waals surface area (Å²) in [5.74, 6) is 0. The molecule has 0 saturated carbocycles. The summed E-state index contributed by atoms with van der Waals surface area (Å²) in [7, 11) is 0. The maximum absolute atomic E-state index is 3.28. The average molecular weight is 263 g/mol. The minimum atomic E-state index is 1.00. The molecule has 0 saturated heterocycles. The lowest BCUT2D eigenvalue weighted by molar-refractivity contribution is 1.13. The average Bonchev–Trinajstić information content (AvgIpc) is 2.88. The van der Waals surface area contributed by atoms with E-state index in [1.54, 1.807) is 11.3 Å². The Balaban J connectivity index is 1.79. The molecule has 0 amide bonds. The molecule has 2 aromatic carbocycles. The van der Waals surface area contributed by atoms with Gasteiger partial charge in [-0.1, -0.05) is 60.7 Å². The van der Waals surface area contributed by atoms with Gasteiger partial charge in [0.1, 0.15) is 0 Å². The van der Waals surface area contributed by atoms with Gasteiger partial charge in [-0.25, -0.2) is 0 Å². The van der Waals surface area contributed by atoms with E-state index in [0.29, 0.717) is 0 Å². The Morgan fingerprint density at radius 1 is 0.737 bits per heavy atom. The minimum absolute atomic E-state index is 1.00. The predicted molar refractivity (Wildman–Crippen MR) is 81.7 cm³/mol. The van der Waals surface area contributed by atoms with Crippen LogP contribution in [-0.2, 0) is 12.8 Å². The molecule has 0 fully saturated rings. The first-order chi connectivity index (χ1) is 9.42. The van der Waals surface area contributed by atoms with Gasteiger partial charge >= 0.3 is 0 Å². The second kappa shape index (κ2) is 5.85. The maximum Gasteiger partial charge on any atom is 0.0448 e. The summed E-state index contributed by atoms with van der Waals surface area (Å²) in [5.41, 5.74) is 4.14. The third-order valence-electron chi connectivity index (χ3n) is 3.22. The number of benzene rings is 2. The Morgan fingerprint density at radius 3 is 1.95 bits per heavy atom. The Bertz CT molecular complexity index is 567. The van der Waals surface area contributed by atoms with E-state index in [1.165, 1.54) is 21.6 Å². The zero-order chi connectivity index (χ0) is 12.9. The van der Waals surface area contributed by atoms with E-state index in [1.807, 2.05) is 0 Å². The molecule has 0 bridgehead atoms. The van der Waals surface area contributed by atoms with Gasteiger partial charge in [0.2, 0.25) is 0 Å². The summed E-state index contributed by atoms with van der Waals surface area (Å²) < 4.78 is 0. The van der Waals surface area contributed by atoms with E-state index in [9.17, 15) is 0 Å². The van der Waals surface area contributed by atoms with Crippen LogP contribution in [0.25, 0.3) is 0 Å². The van der Waals surface area contributed by atoms with Gasteiger partial charge < -0.3 is 0 Å². The second-order valence-electron chi connectivity index (χ2n) is 4.64. The third kappa shape index (κ3) is 3.12. The summed E-state index contributed by atoms with van der Waals surface area (Å²) in [6.07, 6.45) is 2.01. The van der Waals surface area contributed by atoms with E-state index in [2.05, 4.69) is 72.1 Å². The minimum Gasteiger partial charge on any atom is -0.139 e. The molecule has 3 aromatic rings. The lowest BCUT2D eigenvalue weighted by Gasteiger charge is -2.04. The van der Waals surface area contributed by atoms with E-state index < -0.39 is 0 Å². The van der Waals surface area contributed by atoms with Crippen LogP contribution in [0.2, 0.25) is 0 Å². The maximum atomic E-state index is 3.28. The molecule has 0 unspecified atom stereocenters. The largest absolute Gasteiger partial charge is 0.139 e. The molecule has 93 valence electrons. The van der Waals surface area contributed by atoms with Crippen molar-refractivity contribution in [3.05, 3.63) is 93.7 Å². The van der Waals surface area contributed by atoms with Crippen molar-refractivity contribution in [2.75, 3.05) is 0 Å². The Hall–Kier alpha value is -1.86. The van der Waals surface area contributed by atoms with Crippen LogP contribution in [-0.4, -0.2) is 0 Å². The smallest absolute Gasteiger partial charge is 0.0448 e. The van der Waals surface area contributed by atoms with Gasteiger partial charge in [-0.15, -0.1) is 11.3 Å². The fourth-order valence-corrected chi connectivity index (χ4v) is 3.06. The molecule has 0 aliphatic rings. The van der Waals surface area contributed by atoms with Gasteiger partial charge in [0.05, 0.1) is 0 Å². The highest BCUT2D eigenvalue weighted by atomic mass is 32.1. The summed E-state index contributed by atoms with van der Waals surface area (Å²) >= 11 is 1.74. The molecule has 0 atom stereocenters. The van der Waals surface area contributed by atoms with Crippen molar-refractivity contribution in [3.63, 3.8) is 0 Å². The molecular weight excluding hydrogens is 248 g/mol. The van der Waals surface area contributed by atoms with Crippen LogP contribution in [0.5, 0.6) is 0 Å². The van der Waals surface area contributed by atoms with Gasteiger partial charge in [-0.3, -0.25) is 0 Å². The first kappa shape index (κ1) is 12.2. The molecule has 1 heteroatoms. The van der Waals surface area contributed by atoms with E-state index >= 15 is 0 Å². The third-order valence-corrected chi connectivity index (χ3v) is 4.11. The number of hydrogen-bond donors (Lipinski definition) is 0. The lowest BCUT2D eigenvalue weighted by atomic mass is 10.0. The lowest BCUT2D eigenvalue weighted by Crippen LogP contribution is -1.92. The molecule has 3 rings (SSSR count). The van der Waals surface area contributed by atoms with Crippen LogP contribution in [0.4, 0.5) is 0 Å². The van der Waals surface area contributed by atoms with Crippen LogP contribution >= 0.6 is 11.3 Å². The fraction of sp³-hybridized carbons (Fsp3) is 0.111. The Morgan fingerprint density at radius 2 is 1.32 bits per heavy atom. The van der Waals surface area contributed by atoms with Gasteiger partial charge in [-0.2, -0.15) is 0 Å². The summed E-state index contributed by atoms with van der Waals surface area (Å²) in [5, 5.41) is 3.28. The first-order valence-corrected chi connectivity index (χ1v) is 7.29. The van der Waals surface area contributed by atoms with Crippen molar-refractivity contribution in [3.8, 4) is 0 Å². The van der Waals surface area contributed by atoms with Crippen LogP contribution in [0.15, 0.2) is 66.7 Å². The van der Waals surface area contributed by atoms with Gasteiger partial charge in [-0.05, 0) is 29.2 Å². The molecule has 0 aliphatic carbocycles. The van der Waals surface area contributed by atoms with Crippen molar-refractivity contribution in [2.24, 2.45) is 0 Å². The number of thiophene rings is 1. The molecule has 1 radical (unpaired) electrons. The van der Waals surface area contributed by atoms with Crippen LogP contribution < -0.4 is 0 Å². The summed E-state index contributed by atoms with van der Waals surface area (Å²) in [4.78, 5) is 1.43. The molecule has 0 N–H and O–H groups in total. The number of hydrogen-bond acceptors (Lipinski definition) is 1. The van der Waals surface area contributed by atoms with Crippen molar-refractivity contribution >= 4 is 11.3 Å². The van der Waals surface area contributed by atoms with Crippen LogP contribution in [0.3, 0.4) is 0 Å². The standard InChI is InChI=1S/C18H15S/c1-3-7-15(8-4-1)13-17-11-12-19-18(17)14-16-9-5-2-6-10-16/h1-11H,13-14H2. The molecular formula is C18H15S. The fourth-order valence-electron chi connectivity index (χ4n) is 2.21. The van der Waals surface area contributed by atoms with Crippen LogP contribution in [0, 0.1) is 5.38 Å². The molecule has 19 heavy (non-hydrogen) atoms. The zero-order valence-corrected chi connectivity index (χ0v) is 11.5. The molecule has 0 spiro atoms. The molecule has 1 aromatic heterocycles. The molecule has 0 aliphatic heterocycles. The van der Waals surface area contributed by atoms with Gasteiger partial charge in [0.15, 0.2) is 0 Å². The summed E-state index contributed by atoms with van der Waals surface area (Å²) in [6, 6.07) is 23.4. The second-order valence-corrected chi connectivity index (χ2v) is 5.57. The Labute approximate surface area is 118 Å². The SMILES string of the molecule is [c]1cc(Cc2ccccc2)c(Cc2ccccc2)s1. The Kier molecular flexibility index (Phi) is 3.75. The monoisotopic (exact) mass is 263 g/mol. The van der Waals surface area contributed by atoms with E-state index in [0.717, 1.165) is 12.8 Å². The van der Waals surface area contributed by atoms with E-state index in [-0.39, 0.29) is 0 Å². The van der Waals surface area contributed by atoms with Crippen molar-refractivity contribution in [2.45, 2.75) is 12.8 Å². The highest BCUT2D eigenvalue weighted by molar-refractivity contribution is 7.09. The van der Waals surface area contributed by atoms with Crippen molar-refractivity contribution in [1.29, 1.82) is 0 Å². The highest BCUT2D eigenvalue weighted by Gasteiger charge is 2.06. The van der Waals surface area contributed by atoms with Gasteiger partial charge in [0, 0.05) is 16.7 Å². The topological polar surface area (TPSA) is 0 Å². The van der Waals surface area contributed by atoms with Crippen molar-refractivity contribution in [1.82, 2.24) is 0 Å². The molecule has 0 nitrogen and oxygen atoms in total. The van der Waals surface area contributed by atoms with Crippen LogP contribution in [0.1, 0.15) is 21.6 Å².